The number of urea groups is 1. The van der Waals surface area contributed by atoms with Crippen LogP contribution in [0.3, 0.4) is 0 Å². The van der Waals surface area contributed by atoms with Crippen LogP contribution in [-0.2, 0) is 21.7 Å². The van der Waals surface area contributed by atoms with Gasteiger partial charge < -0.3 is 15.2 Å². The molecule has 2 N–H and O–H groups in total. The van der Waals surface area contributed by atoms with Gasteiger partial charge >= 0.3 is 6.03 Å². The maximum atomic E-state index is 13.5. The van der Waals surface area contributed by atoms with Crippen LogP contribution >= 0.6 is 0 Å². The third-order valence-electron chi connectivity index (χ3n) is 4.55. The molecule has 1 saturated heterocycles. The van der Waals surface area contributed by atoms with E-state index in [0.717, 1.165) is 4.90 Å². The van der Waals surface area contributed by atoms with Gasteiger partial charge in [0.05, 0.1) is 25.9 Å². The number of imide groups is 1. The molecule has 0 saturated carbocycles. The van der Waals surface area contributed by atoms with Gasteiger partial charge in [-0.05, 0) is 18.6 Å². The smallest absolute Gasteiger partial charge is 0.325 e. The lowest BCUT2D eigenvalue weighted by molar-refractivity contribution is -0.132. The molecule has 1 aliphatic heterocycles. The quantitative estimate of drug-likeness (QED) is 0.730. The molecule has 6 nitrogen and oxygen atoms in total. The van der Waals surface area contributed by atoms with E-state index >= 15 is 0 Å². The Bertz CT molecular complexity index is 830. The van der Waals surface area contributed by atoms with Crippen molar-refractivity contribution in [2.75, 3.05) is 13.2 Å². The maximum Gasteiger partial charge on any atom is 0.325 e. The van der Waals surface area contributed by atoms with E-state index in [1.807, 2.05) is 6.07 Å². The van der Waals surface area contributed by atoms with Crippen LogP contribution in [0, 0.1) is 5.82 Å². The van der Waals surface area contributed by atoms with Gasteiger partial charge in [-0.1, -0.05) is 48.5 Å². The highest BCUT2D eigenvalue weighted by Crippen LogP contribution is 2.28. The van der Waals surface area contributed by atoms with Crippen molar-refractivity contribution in [3.8, 4) is 0 Å². The molecule has 0 radical (unpaired) electrons. The molecular formula is C20H21FN2O4. The summed E-state index contributed by atoms with van der Waals surface area (Å²) in [5.41, 5.74) is -0.140. The molecule has 27 heavy (non-hydrogen) atoms. The largest absolute Gasteiger partial charge is 0.389 e. The van der Waals surface area contributed by atoms with Crippen LogP contribution in [0.5, 0.6) is 0 Å². The number of hydrogen-bond acceptors (Lipinski definition) is 4. The maximum absolute atomic E-state index is 13.5. The summed E-state index contributed by atoms with van der Waals surface area (Å²) in [6, 6.07) is 14.5. The molecule has 0 spiro atoms. The second-order valence-corrected chi connectivity index (χ2v) is 6.60. The molecule has 2 atom stereocenters. The fourth-order valence-corrected chi connectivity index (χ4v) is 3.01. The topological polar surface area (TPSA) is 78.9 Å². The molecule has 0 aromatic heterocycles. The van der Waals surface area contributed by atoms with E-state index in [4.69, 9.17) is 4.74 Å². The van der Waals surface area contributed by atoms with E-state index in [-0.39, 0.29) is 25.6 Å². The number of carbonyl (C=O) groups excluding carboxylic acids is 2. The summed E-state index contributed by atoms with van der Waals surface area (Å²) in [5, 5.41) is 12.8. The first kappa shape index (κ1) is 19.0. The number of aliphatic hydroxyl groups excluding tert-OH is 1. The normalized spacial score (nSPS) is 20.6. The summed E-state index contributed by atoms with van der Waals surface area (Å²) >= 11 is 0. The van der Waals surface area contributed by atoms with Crippen LogP contribution < -0.4 is 5.32 Å². The van der Waals surface area contributed by atoms with Gasteiger partial charge in [-0.25, -0.2) is 9.18 Å². The summed E-state index contributed by atoms with van der Waals surface area (Å²) in [4.78, 5) is 26.0. The predicted octanol–water partition coefficient (Wildman–Crippen LogP) is 2.17. The van der Waals surface area contributed by atoms with Crippen LogP contribution in [0.25, 0.3) is 0 Å². The summed E-state index contributed by atoms with van der Waals surface area (Å²) in [5.74, 6) is -0.827. The molecular weight excluding hydrogens is 351 g/mol. The zero-order chi connectivity index (χ0) is 19.4. The van der Waals surface area contributed by atoms with Crippen LogP contribution in [0.4, 0.5) is 9.18 Å². The van der Waals surface area contributed by atoms with Gasteiger partial charge in [0, 0.05) is 5.56 Å². The molecule has 0 bridgehead atoms. The molecule has 3 rings (SSSR count). The molecule has 1 aliphatic rings. The van der Waals surface area contributed by atoms with Crippen LogP contribution in [0.2, 0.25) is 0 Å². The Hall–Kier alpha value is -2.77. The number of nitrogens with zero attached hydrogens (tertiary/aromatic N) is 1. The summed E-state index contributed by atoms with van der Waals surface area (Å²) < 4.78 is 18.9. The minimum atomic E-state index is -1.17. The van der Waals surface area contributed by atoms with Crippen molar-refractivity contribution in [1.82, 2.24) is 10.2 Å². The Kier molecular flexibility index (Phi) is 5.53. The Balaban J connectivity index is 1.58. The predicted molar refractivity (Wildman–Crippen MR) is 96.1 cm³/mol. The summed E-state index contributed by atoms with van der Waals surface area (Å²) in [6.45, 7) is 1.28. The van der Waals surface area contributed by atoms with Gasteiger partial charge in [0.15, 0.2) is 0 Å². The standard InChI is InChI=1S/C20H21FN2O4/c1-20(15-8-3-2-4-9-15)18(25)23(19(26)22-20)11-16(24)13-27-12-14-7-5-6-10-17(14)21/h2-10,16,24H,11-13H2,1H3,(H,22,26)/t16-,20+/m0/s1. The Labute approximate surface area is 156 Å². The Morgan fingerprint density at radius 3 is 2.52 bits per heavy atom. The number of carbonyl (C=O) groups is 2. The zero-order valence-corrected chi connectivity index (χ0v) is 14.9. The van der Waals surface area contributed by atoms with E-state index in [0.29, 0.717) is 11.1 Å². The second-order valence-electron chi connectivity index (χ2n) is 6.60. The molecule has 2 aromatic rings. The molecule has 7 heteroatoms. The van der Waals surface area contributed by atoms with Crippen LogP contribution in [0.1, 0.15) is 18.1 Å². The van der Waals surface area contributed by atoms with Gasteiger partial charge in [0.25, 0.3) is 5.91 Å². The number of rotatable bonds is 7. The molecule has 3 amide bonds. The first-order valence-corrected chi connectivity index (χ1v) is 8.60. The average Bonchev–Trinajstić information content (AvgIpc) is 2.88. The first-order valence-electron chi connectivity index (χ1n) is 8.60. The lowest BCUT2D eigenvalue weighted by Gasteiger charge is -2.23. The number of ether oxygens (including phenoxy) is 1. The van der Waals surface area contributed by atoms with Gasteiger partial charge in [-0.15, -0.1) is 0 Å². The lowest BCUT2D eigenvalue weighted by atomic mass is 9.92. The third-order valence-corrected chi connectivity index (χ3v) is 4.55. The first-order chi connectivity index (χ1) is 12.9. The van der Waals surface area contributed by atoms with E-state index in [1.54, 1.807) is 49.4 Å². The number of halogens is 1. The lowest BCUT2D eigenvalue weighted by Crippen LogP contribution is -2.42. The van der Waals surface area contributed by atoms with E-state index in [2.05, 4.69) is 5.32 Å². The average molecular weight is 372 g/mol. The van der Waals surface area contributed by atoms with Crippen molar-refractivity contribution >= 4 is 11.9 Å². The number of β-amino-alcohol motifs (C(OH)–C–C–N with tert-alkyl or cyclic N) is 1. The molecule has 0 aliphatic carbocycles. The van der Waals surface area contributed by atoms with Crippen molar-refractivity contribution in [2.24, 2.45) is 0 Å². The number of amides is 3. The Morgan fingerprint density at radius 1 is 1.15 bits per heavy atom. The highest BCUT2D eigenvalue weighted by atomic mass is 19.1. The summed E-state index contributed by atoms with van der Waals surface area (Å²) in [7, 11) is 0. The van der Waals surface area contributed by atoms with Crippen molar-refractivity contribution in [1.29, 1.82) is 0 Å². The molecule has 0 unspecified atom stereocenters. The minimum Gasteiger partial charge on any atom is -0.389 e. The van der Waals surface area contributed by atoms with Crippen LogP contribution in [0.15, 0.2) is 54.6 Å². The number of hydrogen-bond donors (Lipinski definition) is 2. The molecule has 1 fully saturated rings. The van der Waals surface area contributed by atoms with Gasteiger partial charge in [-0.2, -0.15) is 0 Å². The second kappa shape index (κ2) is 7.85. The van der Waals surface area contributed by atoms with Gasteiger partial charge in [0.2, 0.25) is 0 Å². The van der Waals surface area contributed by atoms with Crippen molar-refractivity contribution in [3.63, 3.8) is 0 Å². The third kappa shape index (κ3) is 3.99. The molecule has 142 valence electrons. The highest BCUT2D eigenvalue weighted by Gasteiger charge is 2.49. The van der Waals surface area contributed by atoms with E-state index in [1.165, 1.54) is 6.07 Å². The zero-order valence-electron chi connectivity index (χ0n) is 14.9. The SMILES string of the molecule is C[C@]1(c2ccccc2)NC(=O)N(C[C@H](O)COCc2ccccc2F)C1=O. The summed E-state index contributed by atoms with van der Waals surface area (Å²) in [6.07, 6.45) is -1.08. The molecule has 1 heterocycles. The van der Waals surface area contributed by atoms with Crippen molar-refractivity contribution in [2.45, 2.75) is 25.2 Å². The van der Waals surface area contributed by atoms with Crippen molar-refractivity contribution < 1.29 is 23.8 Å². The van der Waals surface area contributed by atoms with Crippen molar-refractivity contribution in [3.05, 3.63) is 71.5 Å². The number of benzene rings is 2. The van der Waals surface area contributed by atoms with E-state index < -0.39 is 23.6 Å². The fourth-order valence-electron chi connectivity index (χ4n) is 3.01. The number of nitrogens with one attached hydrogen (secondary N) is 1. The highest BCUT2D eigenvalue weighted by molar-refractivity contribution is 6.07. The van der Waals surface area contributed by atoms with E-state index in [9.17, 15) is 19.1 Å². The number of aliphatic hydroxyl groups is 1. The fraction of sp³-hybridized carbons (Fsp3) is 0.300. The minimum absolute atomic E-state index is 0.00833. The van der Waals surface area contributed by atoms with Crippen LogP contribution in [-0.4, -0.2) is 41.2 Å². The molecule has 2 aromatic carbocycles. The monoisotopic (exact) mass is 372 g/mol. The van der Waals surface area contributed by atoms with Gasteiger partial charge in [-0.3, -0.25) is 9.69 Å². The van der Waals surface area contributed by atoms with Gasteiger partial charge in [0.1, 0.15) is 11.4 Å². The Morgan fingerprint density at radius 2 is 1.81 bits per heavy atom.